The molecule has 10 heavy (non-hydrogen) atoms. The summed E-state index contributed by atoms with van der Waals surface area (Å²) >= 11 is 5.38. The average molecular weight is 160 g/mol. The Labute approximate surface area is 62.0 Å². The molecule has 3 N–H and O–H groups in total. The van der Waals surface area contributed by atoms with E-state index in [4.69, 9.17) is 17.3 Å². The minimum Gasteiger partial charge on any atom is -0.369 e. The van der Waals surface area contributed by atoms with Crippen molar-refractivity contribution in [2.75, 3.05) is 5.73 Å². The Balaban J connectivity index is 3.20. The zero-order valence-electron chi connectivity index (χ0n) is 5.10. The first-order valence-electron chi connectivity index (χ1n) is 2.63. The summed E-state index contributed by atoms with van der Waals surface area (Å²) in [4.78, 5) is 16.8. The summed E-state index contributed by atoms with van der Waals surface area (Å²) in [6, 6.07) is 0. The number of halogens is 1. The highest BCUT2D eigenvalue weighted by molar-refractivity contribution is 6.17. The van der Waals surface area contributed by atoms with Gasteiger partial charge in [0.1, 0.15) is 0 Å². The van der Waals surface area contributed by atoms with Crippen LogP contribution in [0.15, 0.2) is 11.0 Å². The van der Waals surface area contributed by atoms with Crippen LogP contribution >= 0.6 is 11.6 Å². The van der Waals surface area contributed by atoms with Crippen molar-refractivity contribution in [3.63, 3.8) is 0 Å². The van der Waals surface area contributed by atoms with E-state index in [9.17, 15) is 4.79 Å². The fourth-order valence-electron chi connectivity index (χ4n) is 0.530. The third kappa shape index (κ3) is 1.27. The van der Waals surface area contributed by atoms with E-state index in [1.54, 1.807) is 0 Å². The van der Waals surface area contributed by atoms with E-state index in [1.807, 2.05) is 0 Å². The standard InChI is InChI=1S/C5H6ClN3O/c6-1-3-2-8-5(7)9-4(3)10/h2H,1H2,(H3,7,8,9,10). The van der Waals surface area contributed by atoms with Crippen LogP contribution in [0.2, 0.25) is 0 Å². The Bertz CT molecular complexity index is 282. The van der Waals surface area contributed by atoms with E-state index in [-0.39, 0.29) is 17.4 Å². The molecule has 0 aliphatic rings. The number of hydrogen-bond acceptors (Lipinski definition) is 3. The lowest BCUT2D eigenvalue weighted by Gasteiger charge is -1.92. The van der Waals surface area contributed by atoms with Gasteiger partial charge in [-0.3, -0.25) is 9.78 Å². The van der Waals surface area contributed by atoms with Gasteiger partial charge >= 0.3 is 0 Å². The third-order valence-electron chi connectivity index (χ3n) is 1.04. The molecule has 0 amide bonds. The molecule has 0 fully saturated rings. The van der Waals surface area contributed by atoms with Gasteiger partial charge in [-0.15, -0.1) is 11.6 Å². The number of H-pyrrole nitrogens is 1. The number of anilines is 1. The van der Waals surface area contributed by atoms with Gasteiger partial charge in [0.25, 0.3) is 5.56 Å². The molecule has 1 aromatic rings. The molecule has 0 spiro atoms. The maximum atomic E-state index is 10.8. The molecule has 0 atom stereocenters. The molecule has 1 heterocycles. The molecule has 1 aromatic heterocycles. The Kier molecular flexibility index (Phi) is 1.91. The number of alkyl halides is 1. The molecule has 0 radical (unpaired) electrons. The van der Waals surface area contributed by atoms with Gasteiger partial charge in [-0.05, 0) is 0 Å². The lowest BCUT2D eigenvalue weighted by molar-refractivity contribution is 1.08. The molecule has 0 aliphatic carbocycles. The zero-order valence-corrected chi connectivity index (χ0v) is 5.85. The topological polar surface area (TPSA) is 71.8 Å². The largest absolute Gasteiger partial charge is 0.369 e. The summed E-state index contributed by atoms with van der Waals surface area (Å²) < 4.78 is 0. The number of rotatable bonds is 1. The molecular formula is C5H6ClN3O. The predicted octanol–water partition coefficient (Wildman–Crippen LogP) is 0.0909. The lowest BCUT2D eigenvalue weighted by atomic mass is 10.4. The maximum Gasteiger partial charge on any atom is 0.256 e. The van der Waals surface area contributed by atoms with Crippen molar-refractivity contribution in [2.24, 2.45) is 0 Å². The third-order valence-corrected chi connectivity index (χ3v) is 1.32. The van der Waals surface area contributed by atoms with Gasteiger partial charge in [0, 0.05) is 6.20 Å². The van der Waals surface area contributed by atoms with Crippen LogP contribution in [0.25, 0.3) is 0 Å². The Morgan fingerprint density at radius 3 is 3.00 bits per heavy atom. The van der Waals surface area contributed by atoms with Crippen molar-refractivity contribution < 1.29 is 0 Å². The first-order valence-corrected chi connectivity index (χ1v) is 3.17. The molecule has 0 aliphatic heterocycles. The first-order chi connectivity index (χ1) is 4.74. The number of hydrogen-bond donors (Lipinski definition) is 2. The second-order valence-corrected chi connectivity index (χ2v) is 2.02. The fourth-order valence-corrected chi connectivity index (χ4v) is 0.721. The predicted molar refractivity (Wildman–Crippen MR) is 38.8 cm³/mol. The number of nitrogens with zero attached hydrogens (tertiary/aromatic N) is 1. The average Bonchev–Trinajstić information content (AvgIpc) is 1.88. The van der Waals surface area contributed by atoms with Crippen molar-refractivity contribution in [1.82, 2.24) is 9.97 Å². The van der Waals surface area contributed by atoms with E-state index in [0.717, 1.165) is 0 Å². The molecule has 0 bridgehead atoms. The molecule has 54 valence electrons. The molecule has 0 unspecified atom stereocenters. The molecule has 0 saturated carbocycles. The highest BCUT2D eigenvalue weighted by Crippen LogP contribution is 1.93. The van der Waals surface area contributed by atoms with Gasteiger partial charge in [0.05, 0.1) is 11.4 Å². The monoisotopic (exact) mass is 159 g/mol. The summed E-state index contributed by atoms with van der Waals surface area (Å²) in [5.74, 6) is 0.265. The van der Waals surface area contributed by atoms with Crippen LogP contribution in [0.1, 0.15) is 5.56 Å². The van der Waals surface area contributed by atoms with Crippen molar-refractivity contribution in [3.05, 3.63) is 22.1 Å². The minimum atomic E-state index is -0.275. The van der Waals surface area contributed by atoms with Gasteiger partial charge in [-0.1, -0.05) is 0 Å². The highest BCUT2D eigenvalue weighted by atomic mass is 35.5. The Morgan fingerprint density at radius 1 is 1.80 bits per heavy atom. The number of nitrogens with two attached hydrogens (primary N) is 1. The molecular weight excluding hydrogens is 154 g/mol. The number of nitrogen functional groups attached to an aromatic ring is 1. The van der Waals surface area contributed by atoms with Crippen LogP contribution in [0.4, 0.5) is 5.95 Å². The van der Waals surface area contributed by atoms with Crippen molar-refractivity contribution in [1.29, 1.82) is 0 Å². The van der Waals surface area contributed by atoms with Crippen molar-refractivity contribution in [2.45, 2.75) is 5.88 Å². The molecule has 0 aromatic carbocycles. The van der Waals surface area contributed by atoms with Gasteiger partial charge in [-0.2, -0.15) is 0 Å². The summed E-state index contributed by atoms with van der Waals surface area (Å²) in [5, 5.41) is 0. The highest BCUT2D eigenvalue weighted by Gasteiger charge is 1.96. The Morgan fingerprint density at radius 2 is 2.50 bits per heavy atom. The smallest absolute Gasteiger partial charge is 0.256 e. The van der Waals surface area contributed by atoms with E-state index in [0.29, 0.717) is 5.56 Å². The van der Waals surface area contributed by atoms with Gasteiger partial charge in [0.15, 0.2) is 5.95 Å². The fraction of sp³-hybridized carbons (Fsp3) is 0.200. The van der Waals surface area contributed by atoms with Gasteiger partial charge in [0.2, 0.25) is 0 Å². The van der Waals surface area contributed by atoms with Crippen LogP contribution in [0.3, 0.4) is 0 Å². The lowest BCUT2D eigenvalue weighted by Crippen LogP contribution is -2.14. The van der Waals surface area contributed by atoms with E-state index < -0.39 is 0 Å². The van der Waals surface area contributed by atoms with Crippen LogP contribution in [-0.4, -0.2) is 9.97 Å². The number of aromatic amines is 1. The second-order valence-electron chi connectivity index (χ2n) is 1.76. The van der Waals surface area contributed by atoms with Crippen molar-refractivity contribution in [3.8, 4) is 0 Å². The first kappa shape index (κ1) is 7.08. The normalized spacial score (nSPS) is 9.70. The zero-order chi connectivity index (χ0) is 7.56. The van der Waals surface area contributed by atoms with Crippen LogP contribution in [-0.2, 0) is 5.88 Å². The number of aromatic nitrogens is 2. The molecule has 1 rings (SSSR count). The summed E-state index contributed by atoms with van der Waals surface area (Å²) in [6.07, 6.45) is 1.36. The van der Waals surface area contributed by atoms with Crippen molar-refractivity contribution >= 4 is 17.5 Å². The van der Waals surface area contributed by atoms with Gasteiger partial charge in [-0.25, -0.2) is 4.98 Å². The van der Waals surface area contributed by atoms with Crippen LogP contribution in [0.5, 0.6) is 0 Å². The summed E-state index contributed by atoms with van der Waals surface area (Å²) in [7, 11) is 0. The molecule has 5 heteroatoms. The summed E-state index contributed by atoms with van der Waals surface area (Å²) in [5.41, 5.74) is 5.32. The maximum absolute atomic E-state index is 10.8. The minimum absolute atomic E-state index is 0.110. The number of nitrogens with one attached hydrogen (secondary N) is 1. The SMILES string of the molecule is Nc1ncc(CCl)c(=O)[nH]1. The van der Waals surface area contributed by atoms with E-state index >= 15 is 0 Å². The quantitative estimate of drug-likeness (QED) is 0.571. The van der Waals surface area contributed by atoms with Gasteiger partial charge < -0.3 is 5.73 Å². The molecule has 4 nitrogen and oxygen atoms in total. The van der Waals surface area contributed by atoms with Crippen LogP contribution in [0, 0.1) is 0 Å². The summed E-state index contributed by atoms with van der Waals surface area (Å²) in [6.45, 7) is 0. The molecule has 0 saturated heterocycles. The van der Waals surface area contributed by atoms with Crippen LogP contribution < -0.4 is 11.3 Å². The van der Waals surface area contributed by atoms with E-state index in [2.05, 4.69) is 9.97 Å². The Hall–Kier alpha value is -1.03. The second kappa shape index (κ2) is 2.70. The van der Waals surface area contributed by atoms with E-state index in [1.165, 1.54) is 6.20 Å².